The van der Waals surface area contributed by atoms with Gasteiger partial charge in [-0.15, -0.1) is 13.2 Å². The van der Waals surface area contributed by atoms with E-state index in [1.165, 1.54) is 0 Å². The van der Waals surface area contributed by atoms with Crippen molar-refractivity contribution in [3.63, 3.8) is 0 Å². The van der Waals surface area contributed by atoms with Crippen LogP contribution < -0.4 is 10.5 Å². The Labute approximate surface area is 102 Å². The molecular weight excluding hydrogens is 279 g/mol. The van der Waals surface area contributed by atoms with Gasteiger partial charge in [0, 0.05) is 11.3 Å². The number of anilines is 1. The van der Waals surface area contributed by atoms with Crippen molar-refractivity contribution in [2.24, 2.45) is 0 Å². The van der Waals surface area contributed by atoms with Gasteiger partial charge in [0.05, 0.1) is 6.42 Å². The van der Waals surface area contributed by atoms with Crippen molar-refractivity contribution < 1.29 is 36.6 Å². The maximum atomic E-state index is 12.4. The van der Waals surface area contributed by atoms with Crippen LogP contribution in [0.2, 0.25) is 0 Å². The summed E-state index contributed by atoms with van der Waals surface area (Å²) in [4.78, 5) is 13.4. The number of hydrogen-bond acceptors (Lipinski definition) is 4. The van der Waals surface area contributed by atoms with Crippen LogP contribution in [0.25, 0.3) is 0 Å². The second kappa shape index (κ2) is 5.24. The Morgan fingerprint density at radius 1 is 1.47 bits per heavy atom. The van der Waals surface area contributed by atoms with Crippen LogP contribution in [0, 0.1) is 0 Å². The van der Waals surface area contributed by atoms with Crippen LogP contribution in [-0.2, 0) is 11.2 Å². The number of halogens is 5. The molecule has 0 aliphatic carbocycles. The predicted molar refractivity (Wildman–Crippen MR) is 51.6 cm³/mol. The summed E-state index contributed by atoms with van der Waals surface area (Å²) in [7, 11) is 0. The Kier molecular flexibility index (Phi) is 4.12. The molecule has 10 heteroatoms. The smallest absolute Gasteiger partial charge is 0.481 e. The topological polar surface area (TPSA) is 85.4 Å². The van der Waals surface area contributed by atoms with E-state index < -0.39 is 48.0 Å². The zero-order valence-corrected chi connectivity index (χ0v) is 9.04. The highest BCUT2D eigenvalue weighted by atomic mass is 19.4. The maximum absolute atomic E-state index is 12.4. The van der Waals surface area contributed by atoms with Gasteiger partial charge < -0.3 is 15.6 Å². The summed E-state index contributed by atoms with van der Waals surface area (Å²) in [6.45, 7) is 0. The number of rotatable bonds is 4. The Hall–Kier alpha value is -2.13. The Bertz CT molecular complexity index is 489. The molecule has 0 unspecified atom stereocenters. The number of hydrogen-bond donors (Lipinski definition) is 2. The zero-order valence-electron chi connectivity index (χ0n) is 9.04. The summed E-state index contributed by atoms with van der Waals surface area (Å²) >= 11 is 0. The summed E-state index contributed by atoms with van der Waals surface area (Å²) in [5.41, 5.74) is 3.03. The molecule has 0 atom stereocenters. The Morgan fingerprint density at radius 3 is 2.47 bits per heavy atom. The van der Waals surface area contributed by atoms with E-state index >= 15 is 0 Å². The van der Waals surface area contributed by atoms with Crippen LogP contribution in [0.1, 0.15) is 17.7 Å². The molecule has 1 rings (SSSR count). The fourth-order valence-corrected chi connectivity index (χ4v) is 1.22. The van der Waals surface area contributed by atoms with Crippen LogP contribution in [0.15, 0.2) is 6.07 Å². The lowest BCUT2D eigenvalue weighted by molar-refractivity contribution is -0.276. The van der Waals surface area contributed by atoms with E-state index in [4.69, 9.17) is 10.8 Å². The van der Waals surface area contributed by atoms with Gasteiger partial charge in [0.15, 0.2) is 0 Å². The van der Waals surface area contributed by atoms with Gasteiger partial charge >= 0.3 is 12.3 Å². The van der Waals surface area contributed by atoms with Gasteiger partial charge in [0.25, 0.3) is 6.43 Å². The van der Waals surface area contributed by atoms with Crippen LogP contribution in [0.3, 0.4) is 0 Å². The molecule has 3 N–H and O–H groups in total. The second-order valence-electron chi connectivity index (χ2n) is 3.34. The van der Waals surface area contributed by atoms with Crippen LogP contribution >= 0.6 is 0 Å². The molecule has 19 heavy (non-hydrogen) atoms. The predicted octanol–water partition coefficient (Wildman–Crippen LogP) is 2.13. The van der Waals surface area contributed by atoms with Crippen molar-refractivity contribution in [1.82, 2.24) is 4.98 Å². The SMILES string of the molecule is Nc1cc(C(F)F)nc(OC(F)(F)F)c1CC(=O)O. The number of aliphatic carboxylic acids is 1. The number of ether oxygens (including phenoxy) is 1. The van der Waals surface area contributed by atoms with Gasteiger partial charge in [-0.25, -0.2) is 13.8 Å². The minimum absolute atomic E-state index is 0.563. The molecule has 0 saturated carbocycles. The lowest BCUT2D eigenvalue weighted by atomic mass is 10.1. The second-order valence-corrected chi connectivity index (χ2v) is 3.34. The highest BCUT2D eigenvalue weighted by Crippen LogP contribution is 2.32. The van der Waals surface area contributed by atoms with Crippen molar-refractivity contribution in [3.8, 4) is 5.88 Å². The highest BCUT2D eigenvalue weighted by molar-refractivity contribution is 5.74. The minimum atomic E-state index is -5.20. The van der Waals surface area contributed by atoms with E-state index in [0.717, 1.165) is 0 Å². The monoisotopic (exact) mass is 286 g/mol. The van der Waals surface area contributed by atoms with Crippen molar-refractivity contribution >= 4 is 11.7 Å². The third kappa shape index (κ3) is 4.23. The summed E-state index contributed by atoms with van der Waals surface area (Å²) in [5.74, 6) is -2.80. The standard InChI is InChI=1S/C9H7F5N2O3/c10-7(11)5-2-4(15)3(1-6(17)18)8(16-5)19-9(12,13)14/h2,7H,1H2,(H2,15,16)(H,17,18). The first-order chi connectivity index (χ1) is 8.60. The van der Waals surface area contributed by atoms with E-state index in [1.54, 1.807) is 0 Å². The Morgan fingerprint density at radius 2 is 2.05 bits per heavy atom. The molecule has 0 aromatic carbocycles. The number of pyridine rings is 1. The van der Waals surface area contributed by atoms with E-state index in [2.05, 4.69) is 9.72 Å². The molecule has 0 fully saturated rings. The molecule has 1 heterocycles. The van der Waals surface area contributed by atoms with Crippen molar-refractivity contribution in [2.45, 2.75) is 19.2 Å². The van der Waals surface area contributed by atoms with Gasteiger partial charge in [-0.1, -0.05) is 0 Å². The number of nitrogens with two attached hydrogens (primary N) is 1. The number of nitrogens with zero attached hydrogens (tertiary/aromatic N) is 1. The van der Waals surface area contributed by atoms with Crippen molar-refractivity contribution in [3.05, 3.63) is 17.3 Å². The van der Waals surface area contributed by atoms with Crippen molar-refractivity contribution in [1.29, 1.82) is 0 Å². The quantitative estimate of drug-likeness (QED) is 0.828. The molecule has 0 aliphatic heterocycles. The first-order valence-corrected chi connectivity index (χ1v) is 4.65. The van der Waals surface area contributed by atoms with Gasteiger partial charge in [-0.3, -0.25) is 4.79 Å². The maximum Gasteiger partial charge on any atom is 0.574 e. The van der Waals surface area contributed by atoms with E-state index in [1.807, 2.05) is 0 Å². The molecule has 1 aromatic rings. The zero-order chi connectivity index (χ0) is 14.8. The third-order valence-electron chi connectivity index (χ3n) is 1.90. The molecule has 1 aromatic heterocycles. The Balaban J connectivity index is 3.31. The number of alkyl halides is 5. The molecule has 0 amide bonds. The average molecular weight is 286 g/mol. The van der Waals surface area contributed by atoms with Gasteiger partial charge in [-0.2, -0.15) is 0 Å². The normalized spacial score (nSPS) is 11.7. The lowest BCUT2D eigenvalue weighted by Crippen LogP contribution is -2.21. The van der Waals surface area contributed by atoms with Gasteiger partial charge in [-0.05, 0) is 6.07 Å². The molecule has 0 aliphatic rings. The van der Waals surface area contributed by atoms with Crippen LogP contribution in [0.4, 0.5) is 27.6 Å². The lowest BCUT2D eigenvalue weighted by Gasteiger charge is -2.14. The third-order valence-corrected chi connectivity index (χ3v) is 1.90. The molecule has 0 spiro atoms. The van der Waals surface area contributed by atoms with Crippen LogP contribution in [-0.4, -0.2) is 22.4 Å². The number of carboxylic acid groups (broad SMARTS) is 1. The fourth-order valence-electron chi connectivity index (χ4n) is 1.22. The summed E-state index contributed by atoms with van der Waals surface area (Å²) in [5, 5.41) is 8.52. The molecule has 0 bridgehead atoms. The minimum Gasteiger partial charge on any atom is -0.481 e. The molecule has 106 valence electrons. The fraction of sp³-hybridized carbons (Fsp3) is 0.333. The van der Waals surface area contributed by atoms with Gasteiger partial charge in [0.1, 0.15) is 5.69 Å². The highest BCUT2D eigenvalue weighted by Gasteiger charge is 2.34. The summed E-state index contributed by atoms with van der Waals surface area (Å²) in [6, 6.07) is 0.603. The number of carbonyl (C=O) groups is 1. The van der Waals surface area contributed by atoms with Crippen molar-refractivity contribution in [2.75, 3.05) is 5.73 Å². The number of carboxylic acids is 1. The number of aromatic nitrogens is 1. The van der Waals surface area contributed by atoms with E-state index in [9.17, 15) is 26.7 Å². The summed E-state index contributed by atoms with van der Waals surface area (Å²) in [6.07, 6.45) is -9.31. The van der Waals surface area contributed by atoms with Gasteiger partial charge in [0.2, 0.25) is 5.88 Å². The largest absolute Gasteiger partial charge is 0.574 e. The first kappa shape index (κ1) is 14.9. The number of nitrogen functional groups attached to an aromatic ring is 1. The summed E-state index contributed by atoms with van der Waals surface area (Å²) < 4.78 is 64.4. The molecule has 0 saturated heterocycles. The molecular formula is C9H7F5N2O3. The van der Waals surface area contributed by atoms with Crippen LogP contribution in [0.5, 0.6) is 5.88 Å². The molecule has 0 radical (unpaired) electrons. The first-order valence-electron chi connectivity index (χ1n) is 4.65. The van der Waals surface area contributed by atoms with E-state index in [0.29, 0.717) is 6.07 Å². The molecule has 5 nitrogen and oxygen atoms in total. The average Bonchev–Trinajstić information content (AvgIpc) is 2.19. The van der Waals surface area contributed by atoms with E-state index in [-0.39, 0.29) is 0 Å².